The van der Waals surface area contributed by atoms with Gasteiger partial charge in [0.2, 0.25) is 0 Å². The largest absolute Gasteiger partial charge is 0.310 e. The molecule has 3 nitrogen and oxygen atoms in total. The molecule has 0 saturated heterocycles. The molecule has 0 heterocycles. The summed E-state index contributed by atoms with van der Waals surface area (Å²) >= 11 is 0. The number of benzene rings is 12. The molecule has 12 rings (SSSR count). The Labute approximate surface area is 463 Å². The van der Waals surface area contributed by atoms with Crippen LogP contribution in [0.15, 0.2) is 255 Å². The summed E-state index contributed by atoms with van der Waals surface area (Å²) < 4.78 is 0. The van der Waals surface area contributed by atoms with Crippen molar-refractivity contribution in [2.45, 2.75) is 41.5 Å². The lowest BCUT2D eigenvalue weighted by Gasteiger charge is -2.32. The maximum absolute atomic E-state index is 2.52. The Morgan fingerprint density at radius 3 is 0.846 bits per heavy atom. The molecule has 12 aromatic carbocycles. The summed E-state index contributed by atoms with van der Waals surface area (Å²) in [6.45, 7) is 15.7. The van der Waals surface area contributed by atoms with Gasteiger partial charge in [-0.2, -0.15) is 0 Å². The summed E-state index contributed by atoms with van der Waals surface area (Å²) in [5, 5.41) is 11.5. The van der Waals surface area contributed by atoms with Gasteiger partial charge in [-0.15, -0.1) is 0 Å². The van der Waals surface area contributed by atoms with Crippen LogP contribution in [-0.4, -0.2) is 6.66 Å². The molecule has 1 unspecified atom stereocenters. The second kappa shape index (κ2) is 21.6. The van der Waals surface area contributed by atoms with Gasteiger partial charge in [0.05, 0.1) is 17.1 Å². The molecule has 0 amide bonds. The number of aryl methyl sites for hydroxylation is 6. The van der Waals surface area contributed by atoms with Gasteiger partial charge in [0.15, 0.2) is 0 Å². The SMILES string of the molecule is Cc1ccc(N(c2cccc(P(C)P(c3cccc(N(c4ccc(C)cc4)c4ccc(C)c5ccccc45)c3)c3cccc(N(c4ccc(C)cc4)c4ccc(C)c5ccccc45)c3)c2)c2ccc(C)c3ccccc23)cc1. The Hall–Kier alpha value is -8.32. The molecule has 380 valence electrons. The van der Waals surface area contributed by atoms with Crippen molar-refractivity contribution in [2.75, 3.05) is 21.4 Å². The molecule has 12 aromatic rings. The normalized spacial score (nSPS) is 11.8. The van der Waals surface area contributed by atoms with E-state index in [4.69, 9.17) is 0 Å². The van der Waals surface area contributed by atoms with Crippen LogP contribution in [0.5, 0.6) is 0 Å². The molecule has 0 radical (unpaired) electrons. The third-order valence-corrected chi connectivity index (χ3v) is 22.4. The first-order chi connectivity index (χ1) is 38.1. The van der Waals surface area contributed by atoms with Gasteiger partial charge in [-0.05, 0) is 203 Å². The number of hydrogen-bond acceptors (Lipinski definition) is 3. The van der Waals surface area contributed by atoms with Crippen LogP contribution in [0.2, 0.25) is 0 Å². The fourth-order valence-electron chi connectivity index (χ4n) is 11.2. The van der Waals surface area contributed by atoms with Crippen molar-refractivity contribution in [3.63, 3.8) is 0 Å². The van der Waals surface area contributed by atoms with Crippen molar-refractivity contribution >= 4 is 115 Å². The van der Waals surface area contributed by atoms with Gasteiger partial charge in [0.1, 0.15) is 0 Å². The van der Waals surface area contributed by atoms with E-state index in [0.29, 0.717) is 0 Å². The van der Waals surface area contributed by atoms with Gasteiger partial charge < -0.3 is 14.7 Å². The summed E-state index contributed by atoms with van der Waals surface area (Å²) in [7, 11) is -1.89. The quantitative estimate of drug-likeness (QED) is 0.107. The summed E-state index contributed by atoms with van der Waals surface area (Å²) in [6, 6.07) is 95.7. The highest BCUT2D eigenvalue weighted by atomic mass is 32.1. The van der Waals surface area contributed by atoms with Gasteiger partial charge in [0, 0.05) is 50.3 Å². The second-order valence-electron chi connectivity index (χ2n) is 20.7. The minimum Gasteiger partial charge on any atom is -0.310 e. The van der Waals surface area contributed by atoms with E-state index in [1.54, 1.807) is 0 Å². The Bertz CT molecular complexity index is 3970. The molecule has 0 fully saturated rings. The highest BCUT2D eigenvalue weighted by molar-refractivity contribution is 8.38. The van der Waals surface area contributed by atoms with E-state index in [0.717, 1.165) is 45.5 Å². The molecule has 0 saturated carbocycles. The molecule has 1 atom stereocenters. The minimum atomic E-state index is -1.02. The lowest BCUT2D eigenvalue weighted by Crippen LogP contribution is -2.19. The van der Waals surface area contributed by atoms with E-state index in [1.165, 1.54) is 87.3 Å². The predicted octanol–water partition coefficient (Wildman–Crippen LogP) is 20.2. The predicted molar refractivity (Wildman–Crippen MR) is 343 cm³/mol. The average molecular weight is 1040 g/mol. The first-order valence-corrected chi connectivity index (χ1v) is 30.8. The number of nitrogens with zero attached hydrogens (tertiary/aromatic N) is 3. The van der Waals surface area contributed by atoms with Gasteiger partial charge in [-0.1, -0.05) is 180 Å². The molecule has 0 aromatic heterocycles. The maximum atomic E-state index is 2.52. The van der Waals surface area contributed by atoms with Crippen LogP contribution in [0.25, 0.3) is 32.3 Å². The lowest BCUT2D eigenvalue weighted by atomic mass is 10.0. The number of hydrogen-bond donors (Lipinski definition) is 0. The maximum Gasteiger partial charge on any atom is 0.0540 e. The van der Waals surface area contributed by atoms with Crippen LogP contribution >= 0.6 is 15.2 Å². The van der Waals surface area contributed by atoms with Gasteiger partial charge in [-0.25, -0.2) is 0 Å². The molecule has 0 N–H and O–H groups in total. The molecular formula is C73H63N3P2. The molecule has 0 bridgehead atoms. The van der Waals surface area contributed by atoms with Crippen molar-refractivity contribution in [1.82, 2.24) is 0 Å². The van der Waals surface area contributed by atoms with Crippen molar-refractivity contribution in [3.8, 4) is 0 Å². The zero-order valence-corrected chi connectivity index (χ0v) is 47.3. The Kier molecular flexibility index (Phi) is 14.0. The minimum absolute atomic E-state index is 0.868. The van der Waals surface area contributed by atoms with Crippen LogP contribution in [0, 0.1) is 41.5 Å². The van der Waals surface area contributed by atoms with Crippen LogP contribution in [0.4, 0.5) is 51.2 Å². The third kappa shape index (κ3) is 9.75. The van der Waals surface area contributed by atoms with Crippen molar-refractivity contribution in [1.29, 1.82) is 0 Å². The van der Waals surface area contributed by atoms with E-state index in [2.05, 4.69) is 318 Å². The number of fused-ring (bicyclic) bond motifs is 3. The first kappa shape index (κ1) is 50.5. The lowest BCUT2D eigenvalue weighted by molar-refractivity contribution is 1.29. The topological polar surface area (TPSA) is 9.72 Å². The fraction of sp³-hybridized carbons (Fsp3) is 0.0959. The van der Waals surface area contributed by atoms with Gasteiger partial charge >= 0.3 is 0 Å². The van der Waals surface area contributed by atoms with Crippen molar-refractivity contribution < 1.29 is 0 Å². The first-order valence-electron chi connectivity index (χ1n) is 27.0. The Balaban J connectivity index is 1.06. The molecule has 0 aliphatic carbocycles. The molecule has 0 aliphatic rings. The van der Waals surface area contributed by atoms with Gasteiger partial charge in [0.25, 0.3) is 0 Å². The van der Waals surface area contributed by atoms with E-state index >= 15 is 0 Å². The molecule has 78 heavy (non-hydrogen) atoms. The van der Waals surface area contributed by atoms with E-state index in [9.17, 15) is 0 Å². The summed E-state index contributed by atoms with van der Waals surface area (Å²) in [6.07, 6.45) is 0. The molecule has 0 aliphatic heterocycles. The smallest absolute Gasteiger partial charge is 0.0540 e. The van der Waals surface area contributed by atoms with E-state index < -0.39 is 15.2 Å². The van der Waals surface area contributed by atoms with Crippen molar-refractivity contribution in [3.05, 3.63) is 288 Å². The Morgan fingerprint density at radius 2 is 0.526 bits per heavy atom. The monoisotopic (exact) mass is 1040 g/mol. The summed E-state index contributed by atoms with van der Waals surface area (Å²) in [4.78, 5) is 7.41. The highest BCUT2D eigenvalue weighted by Crippen LogP contribution is 2.65. The number of anilines is 9. The molecule has 5 heteroatoms. The van der Waals surface area contributed by atoms with E-state index in [-0.39, 0.29) is 0 Å². The van der Waals surface area contributed by atoms with Crippen LogP contribution in [0.3, 0.4) is 0 Å². The second-order valence-corrected chi connectivity index (χ2v) is 27.0. The van der Waals surface area contributed by atoms with Crippen LogP contribution in [-0.2, 0) is 0 Å². The fourth-order valence-corrected chi connectivity index (χ4v) is 17.9. The van der Waals surface area contributed by atoms with Crippen molar-refractivity contribution in [2.24, 2.45) is 0 Å². The molecule has 0 spiro atoms. The summed E-state index contributed by atoms with van der Waals surface area (Å²) in [5.41, 5.74) is 17.8. The van der Waals surface area contributed by atoms with Crippen LogP contribution in [0.1, 0.15) is 33.4 Å². The van der Waals surface area contributed by atoms with Crippen LogP contribution < -0.4 is 30.6 Å². The summed E-state index contributed by atoms with van der Waals surface area (Å²) in [5.74, 6) is 0. The standard InChI is InChI=1S/C73H63N3P2/c1-50-29-38-56(39-30-50)74(71-44-35-53(4)65-23-8-11-26-68(65)71)59-17-14-20-62(47-59)77(7)78(63-21-15-18-60(48-63)75(57-40-31-51(2)32-41-57)72-45-36-54(5)66-24-9-12-27-69(66)72)64-22-16-19-61(49-64)76(58-42-33-52(3)34-43-58)73-46-37-55(6)67-25-10-13-28-70(67)73/h8-49H,1-7H3. The zero-order valence-electron chi connectivity index (χ0n) is 45.5. The average Bonchev–Trinajstić information content (AvgIpc) is 3.64. The molecular weight excluding hydrogens is 981 g/mol. The van der Waals surface area contributed by atoms with Gasteiger partial charge in [-0.3, -0.25) is 0 Å². The third-order valence-electron chi connectivity index (χ3n) is 15.4. The van der Waals surface area contributed by atoms with E-state index in [1.807, 2.05) is 0 Å². The number of rotatable bonds is 13. The Morgan fingerprint density at radius 1 is 0.244 bits per heavy atom. The zero-order chi connectivity index (χ0) is 53.4. The highest BCUT2D eigenvalue weighted by Gasteiger charge is 2.28.